The highest BCUT2D eigenvalue weighted by molar-refractivity contribution is 5.86. The molecule has 5 rings (SSSR count). The smallest absolute Gasteiger partial charge is 0.163 e. The molecule has 0 aliphatic heterocycles. The molecule has 5 heteroatoms. The lowest BCUT2D eigenvalue weighted by Gasteiger charge is -2.12. The molecule has 1 aromatic carbocycles. The third kappa shape index (κ3) is 2.82. The molecule has 0 bridgehead atoms. The number of benzene rings is 1. The normalized spacial score (nSPS) is 19.3. The molecule has 3 aromatic heterocycles. The van der Waals surface area contributed by atoms with Crippen LogP contribution >= 0.6 is 0 Å². The second kappa shape index (κ2) is 6.72. The van der Waals surface area contributed by atoms with Gasteiger partial charge in [-0.25, -0.2) is 9.50 Å². The number of para-hydroxylation sites is 1. The third-order valence-corrected chi connectivity index (χ3v) is 5.91. The van der Waals surface area contributed by atoms with Crippen LogP contribution in [0.5, 0.6) is 0 Å². The zero-order chi connectivity index (χ0) is 19.1. The van der Waals surface area contributed by atoms with Gasteiger partial charge in [-0.15, -0.1) is 0 Å². The second-order valence-electron chi connectivity index (χ2n) is 7.77. The maximum atomic E-state index is 9.00. The zero-order valence-corrected chi connectivity index (χ0v) is 15.8. The number of hydrogen-bond acceptors (Lipinski definition) is 4. The zero-order valence-electron chi connectivity index (χ0n) is 15.8. The summed E-state index contributed by atoms with van der Waals surface area (Å²) in [7, 11) is 0. The first-order chi connectivity index (χ1) is 13.7. The SMILES string of the molecule is Cc1cc(C2CCC(CC#N)C2)nc2c(-c3cnc4ccccc4c3)cnn12. The molecule has 3 heterocycles. The highest BCUT2D eigenvalue weighted by atomic mass is 15.3. The van der Waals surface area contributed by atoms with Crippen LogP contribution in [-0.4, -0.2) is 19.6 Å². The topological polar surface area (TPSA) is 66.9 Å². The molecule has 28 heavy (non-hydrogen) atoms. The highest BCUT2D eigenvalue weighted by Gasteiger charge is 2.27. The second-order valence-corrected chi connectivity index (χ2v) is 7.77. The summed E-state index contributed by atoms with van der Waals surface area (Å²) in [5.41, 5.74) is 6.13. The van der Waals surface area contributed by atoms with Crippen molar-refractivity contribution in [1.82, 2.24) is 19.6 Å². The fourth-order valence-corrected chi connectivity index (χ4v) is 4.43. The molecule has 0 spiro atoms. The maximum Gasteiger partial charge on any atom is 0.163 e. The van der Waals surface area contributed by atoms with Gasteiger partial charge >= 0.3 is 0 Å². The predicted molar refractivity (Wildman–Crippen MR) is 109 cm³/mol. The van der Waals surface area contributed by atoms with E-state index in [1.54, 1.807) is 0 Å². The molecule has 2 atom stereocenters. The first-order valence-electron chi connectivity index (χ1n) is 9.80. The minimum absolute atomic E-state index is 0.430. The minimum Gasteiger partial charge on any atom is -0.256 e. The van der Waals surface area contributed by atoms with Crippen LogP contribution in [0.4, 0.5) is 0 Å². The number of fused-ring (bicyclic) bond motifs is 2. The molecular formula is C23H21N5. The van der Waals surface area contributed by atoms with Gasteiger partial charge in [-0.2, -0.15) is 10.4 Å². The van der Waals surface area contributed by atoms with Gasteiger partial charge in [0.25, 0.3) is 0 Å². The van der Waals surface area contributed by atoms with Gasteiger partial charge in [0.2, 0.25) is 0 Å². The molecule has 5 nitrogen and oxygen atoms in total. The monoisotopic (exact) mass is 367 g/mol. The van der Waals surface area contributed by atoms with Gasteiger partial charge in [0.05, 0.1) is 17.8 Å². The number of nitrogens with zero attached hydrogens (tertiary/aromatic N) is 5. The summed E-state index contributed by atoms with van der Waals surface area (Å²) >= 11 is 0. The van der Waals surface area contributed by atoms with E-state index in [2.05, 4.69) is 41.3 Å². The number of rotatable bonds is 3. The van der Waals surface area contributed by atoms with E-state index in [9.17, 15) is 0 Å². The van der Waals surface area contributed by atoms with Crippen molar-refractivity contribution in [2.24, 2.45) is 5.92 Å². The summed E-state index contributed by atoms with van der Waals surface area (Å²) < 4.78 is 1.91. The van der Waals surface area contributed by atoms with E-state index in [1.807, 2.05) is 35.1 Å². The fourth-order valence-electron chi connectivity index (χ4n) is 4.43. The first kappa shape index (κ1) is 16.9. The van der Waals surface area contributed by atoms with Crippen LogP contribution in [0.1, 0.15) is 43.0 Å². The molecule has 0 N–H and O–H groups in total. The number of nitriles is 1. The molecular weight excluding hydrogens is 346 g/mol. The standard InChI is InChI=1S/C23H21N5/c1-15-10-22(18-7-6-16(11-18)8-9-24)27-23-20(14-26-28(15)23)19-12-17-4-2-3-5-21(17)25-13-19/h2-5,10,12-14,16,18H,6-8,11H2,1H3. The van der Waals surface area contributed by atoms with Gasteiger partial charge in [-0.05, 0) is 50.3 Å². The molecule has 4 aromatic rings. The van der Waals surface area contributed by atoms with Crippen LogP contribution in [0.2, 0.25) is 0 Å². The summed E-state index contributed by atoms with van der Waals surface area (Å²) in [6.07, 6.45) is 7.72. The Kier molecular flexibility index (Phi) is 4.05. The Morgan fingerprint density at radius 2 is 2.07 bits per heavy atom. The Bertz CT molecular complexity index is 1220. The van der Waals surface area contributed by atoms with E-state index in [0.717, 1.165) is 58.3 Å². The van der Waals surface area contributed by atoms with Crippen molar-refractivity contribution in [3.05, 3.63) is 60.2 Å². The van der Waals surface area contributed by atoms with Crippen molar-refractivity contribution in [2.45, 2.75) is 38.5 Å². The van der Waals surface area contributed by atoms with Crippen molar-refractivity contribution >= 4 is 16.6 Å². The van der Waals surface area contributed by atoms with Crippen LogP contribution in [0.15, 0.2) is 48.8 Å². The average Bonchev–Trinajstić information content (AvgIpc) is 3.35. The van der Waals surface area contributed by atoms with Crippen molar-refractivity contribution < 1.29 is 0 Å². The molecule has 1 aliphatic rings. The van der Waals surface area contributed by atoms with E-state index in [1.165, 1.54) is 0 Å². The lowest BCUT2D eigenvalue weighted by Crippen LogP contribution is -2.04. The Morgan fingerprint density at radius 1 is 1.18 bits per heavy atom. The van der Waals surface area contributed by atoms with E-state index in [0.29, 0.717) is 18.3 Å². The van der Waals surface area contributed by atoms with Crippen molar-refractivity contribution in [3.63, 3.8) is 0 Å². The van der Waals surface area contributed by atoms with Gasteiger partial charge in [-0.1, -0.05) is 18.2 Å². The molecule has 1 fully saturated rings. The Morgan fingerprint density at radius 3 is 2.96 bits per heavy atom. The molecule has 138 valence electrons. The Balaban J connectivity index is 1.58. The van der Waals surface area contributed by atoms with E-state index in [4.69, 9.17) is 10.2 Å². The van der Waals surface area contributed by atoms with Gasteiger partial charge < -0.3 is 0 Å². The van der Waals surface area contributed by atoms with E-state index in [-0.39, 0.29) is 0 Å². The first-order valence-corrected chi connectivity index (χ1v) is 9.80. The molecule has 0 amide bonds. The number of aromatic nitrogens is 4. The summed E-state index contributed by atoms with van der Waals surface area (Å²) in [6, 6.07) is 14.8. The van der Waals surface area contributed by atoms with Crippen molar-refractivity contribution in [3.8, 4) is 17.2 Å². The molecule has 0 saturated heterocycles. The third-order valence-electron chi connectivity index (χ3n) is 5.91. The Labute approximate surface area is 163 Å². The molecule has 1 saturated carbocycles. The fraction of sp³-hybridized carbons (Fsp3) is 0.304. The maximum absolute atomic E-state index is 9.00. The Hall–Kier alpha value is -3.26. The van der Waals surface area contributed by atoms with Crippen LogP contribution in [0, 0.1) is 24.2 Å². The van der Waals surface area contributed by atoms with Gasteiger partial charge in [0, 0.05) is 46.4 Å². The summed E-state index contributed by atoms with van der Waals surface area (Å²) in [5.74, 6) is 0.932. The van der Waals surface area contributed by atoms with E-state index >= 15 is 0 Å². The van der Waals surface area contributed by atoms with Crippen molar-refractivity contribution in [1.29, 1.82) is 5.26 Å². The minimum atomic E-state index is 0.430. The predicted octanol–water partition coefficient (Wildman–Crippen LogP) is 5.05. The number of hydrogen-bond donors (Lipinski definition) is 0. The summed E-state index contributed by atoms with van der Waals surface area (Å²) in [6.45, 7) is 2.08. The van der Waals surface area contributed by atoms with Gasteiger partial charge in [0.1, 0.15) is 0 Å². The van der Waals surface area contributed by atoms with Crippen LogP contribution < -0.4 is 0 Å². The molecule has 1 aliphatic carbocycles. The van der Waals surface area contributed by atoms with Crippen molar-refractivity contribution in [2.75, 3.05) is 0 Å². The number of pyridine rings is 1. The van der Waals surface area contributed by atoms with Crippen LogP contribution in [0.3, 0.4) is 0 Å². The van der Waals surface area contributed by atoms with Crippen LogP contribution in [0.25, 0.3) is 27.7 Å². The average molecular weight is 367 g/mol. The lowest BCUT2D eigenvalue weighted by molar-refractivity contribution is 0.549. The quantitative estimate of drug-likeness (QED) is 0.508. The highest BCUT2D eigenvalue weighted by Crippen LogP contribution is 2.39. The molecule has 0 radical (unpaired) electrons. The molecule has 2 unspecified atom stereocenters. The lowest BCUT2D eigenvalue weighted by atomic mass is 9.99. The summed E-state index contributed by atoms with van der Waals surface area (Å²) in [5, 5.41) is 14.7. The van der Waals surface area contributed by atoms with Gasteiger partial charge in [0.15, 0.2) is 5.65 Å². The van der Waals surface area contributed by atoms with Gasteiger partial charge in [-0.3, -0.25) is 4.98 Å². The van der Waals surface area contributed by atoms with Crippen LogP contribution in [-0.2, 0) is 0 Å². The largest absolute Gasteiger partial charge is 0.256 e. The summed E-state index contributed by atoms with van der Waals surface area (Å²) in [4.78, 5) is 9.62. The van der Waals surface area contributed by atoms with E-state index < -0.39 is 0 Å². The number of aryl methyl sites for hydroxylation is 1.